The van der Waals surface area contributed by atoms with Crippen molar-refractivity contribution in [2.75, 3.05) is 0 Å². The van der Waals surface area contributed by atoms with Crippen LogP contribution in [0.1, 0.15) is 43.9 Å². The highest BCUT2D eigenvalue weighted by atomic mass is 16.4. The van der Waals surface area contributed by atoms with Crippen molar-refractivity contribution in [3.63, 3.8) is 0 Å². The molecule has 1 aliphatic heterocycles. The molecule has 6 nitrogen and oxygen atoms in total. The van der Waals surface area contributed by atoms with Crippen molar-refractivity contribution >= 4 is 28.9 Å². The predicted octanol–water partition coefficient (Wildman–Crippen LogP) is 3.99. The smallest absolute Gasteiger partial charge is 0.330 e. The topological polar surface area (TPSA) is 76.6 Å². The first-order valence-corrected chi connectivity index (χ1v) is 9.34. The number of hydrogen-bond acceptors (Lipinski definition) is 3. The molecule has 2 heterocycles. The van der Waals surface area contributed by atoms with Gasteiger partial charge < -0.3 is 5.11 Å². The second kappa shape index (κ2) is 6.19. The van der Waals surface area contributed by atoms with E-state index in [0.717, 1.165) is 22.3 Å². The predicted molar refractivity (Wildman–Crippen MR) is 110 cm³/mol. The number of para-hydroxylation sites is 2. The second-order valence-corrected chi connectivity index (χ2v) is 7.89. The molecule has 4 rings (SSSR count). The zero-order valence-electron chi connectivity index (χ0n) is 16.4. The molecule has 0 amide bonds. The zero-order chi connectivity index (χ0) is 20.2. The van der Waals surface area contributed by atoms with Crippen molar-refractivity contribution < 1.29 is 9.90 Å². The summed E-state index contributed by atoms with van der Waals surface area (Å²) < 4.78 is 3.09. The number of nitrogens with zero attached hydrogens (tertiary/aromatic N) is 3. The zero-order valence-corrected chi connectivity index (χ0v) is 16.4. The average Bonchev–Trinajstić information content (AvgIpc) is 3.20. The molecule has 1 aliphatic rings. The van der Waals surface area contributed by atoms with Gasteiger partial charge in [-0.15, -0.1) is 0 Å². The molecule has 144 valence electrons. The first-order chi connectivity index (χ1) is 13.2. The fraction of sp³-hybridized carbons (Fsp3) is 0.318. The Kier molecular flexibility index (Phi) is 4.03. The third-order valence-corrected chi connectivity index (χ3v) is 5.80. The van der Waals surface area contributed by atoms with Gasteiger partial charge in [0.1, 0.15) is 5.54 Å². The Morgan fingerprint density at radius 3 is 2.50 bits per heavy atom. The van der Waals surface area contributed by atoms with Crippen molar-refractivity contribution in [2.45, 2.75) is 45.2 Å². The van der Waals surface area contributed by atoms with Crippen LogP contribution in [0.25, 0.3) is 11.0 Å². The van der Waals surface area contributed by atoms with Crippen LogP contribution >= 0.6 is 0 Å². The van der Waals surface area contributed by atoms with Gasteiger partial charge in [0.05, 0.1) is 16.7 Å². The number of carbonyl (C=O) groups is 1. The lowest BCUT2D eigenvalue weighted by Crippen LogP contribution is -2.43. The average molecular weight is 377 g/mol. The summed E-state index contributed by atoms with van der Waals surface area (Å²) in [6.45, 7) is 7.14. The molecule has 2 unspecified atom stereocenters. The normalized spacial score (nSPS) is 17.1. The van der Waals surface area contributed by atoms with E-state index >= 15 is 0 Å². The molecule has 0 radical (unpaired) electrons. The van der Waals surface area contributed by atoms with E-state index < -0.39 is 11.5 Å². The van der Waals surface area contributed by atoms with E-state index in [-0.39, 0.29) is 17.6 Å². The number of carboxylic acids is 1. The molecule has 6 heteroatoms. The summed E-state index contributed by atoms with van der Waals surface area (Å²) >= 11 is 0. The van der Waals surface area contributed by atoms with E-state index in [2.05, 4.69) is 4.99 Å². The van der Waals surface area contributed by atoms with Gasteiger partial charge in [-0.25, -0.2) is 9.59 Å². The molecule has 0 saturated heterocycles. The Balaban J connectivity index is 1.95. The van der Waals surface area contributed by atoms with E-state index in [4.69, 9.17) is 0 Å². The quantitative estimate of drug-likeness (QED) is 0.747. The number of aliphatic imine (C=N–C) groups is 1. The Hall–Kier alpha value is -3.15. The van der Waals surface area contributed by atoms with E-state index in [0.29, 0.717) is 5.52 Å². The fourth-order valence-electron chi connectivity index (χ4n) is 4.17. The maximum Gasteiger partial charge on any atom is 0.330 e. The summed E-state index contributed by atoms with van der Waals surface area (Å²) in [5.41, 5.74) is 2.84. The lowest BCUT2D eigenvalue weighted by Gasteiger charge is -2.23. The summed E-state index contributed by atoms with van der Waals surface area (Å²) in [7, 11) is 0. The van der Waals surface area contributed by atoms with E-state index in [9.17, 15) is 14.7 Å². The van der Waals surface area contributed by atoms with Crippen LogP contribution in [0.3, 0.4) is 0 Å². The van der Waals surface area contributed by atoms with Gasteiger partial charge in [-0.05, 0) is 57.0 Å². The molecule has 1 N–H and O–H groups in total. The molecule has 0 fully saturated rings. The number of aromatic nitrogens is 2. The maximum absolute atomic E-state index is 13.5. The number of carboxylic acid groups (broad SMARTS) is 1. The molecular formula is C22H23N3O3. The molecule has 0 aliphatic carbocycles. The number of hydrogen-bond donors (Lipinski definition) is 1. The third-order valence-electron chi connectivity index (χ3n) is 5.80. The fourth-order valence-corrected chi connectivity index (χ4v) is 4.17. The van der Waals surface area contributed by atoms with Gasteiger partial charge in [0.2, 0.25) is 0 Å². The van der Waals surface area contributed by atoms with E-state index in [1.807, 2.05) is 56.5 Å². The molecular weight excluding hydrogens is 354 g/mol. The number of aryl methyl sites for hydroxylation is 1. The third kappa shape index (κ3) is 2.44. The summed E-state index contributed by atoms with van der Waals surface area (Å²) in [6.07, 6.45) is 1.89. The second-order valence-electron chi connectivity index (χ2n) is 7.89. The number of imidazole rings is 1. The van der Waals surface area contributed by atoms with Crippen molar-refractivity contribution in [1.29, 1.82) is 0 Å². The monoisotopic (exact) mass is 377 g/mol. The van der Waals surface area contributed by atoms with Gasteiger partial charge in [-0.1, -0.05) is 24.3 Å². The van der Waals surface area contributed by atoms with Crippen molar-refractivity contribution in [2.24, 2.45) is 4.99 Å². The van der Waals surface area contributed by atoms with Crippen molar-refractivity contribution in [3.05, 3.63) is 64.1 Å². The van der Waals surface area contributed by atoms with Crippen LogP contribution < -0.4 is 5.69 Å². The Morgan fingerprint density at radius 1 is 1.14 bits per heavy atom. The minimum atomic E-state index is -1.36. The molecule has 0 spiro atoms. The van der Waals surface area contributed by atoms with Gasteiger partial charge in [-0.3, -0.25) is 14.1 Å². The van der Waals surface area contributed by atoms with Crippen LogP contribution in [0.15, 0.2) is 52.3 Å². The van der Waals surface area contributed by atoms with Crippen LogP contribution in [-0.4, -0.2) is 26.4 Å². The molecule has 28 heavy (non-hydrogen) atoms. The highest BCUT2D eigenvalue weighted by molar-refractivity contribution is 5.84. The molecule has 1 aromatic heterocycles. The summed E-state index contributed by atoms with van der Waals surface area (Å²) in [5, 5.41) is 9.71. The number of aliphatic carboxylic acids is 1. The van der Waals surface area contributed by atoms with Crippen LogP contribution in [0.2, 0.25) is 0 Å². The highest BCUT2D eigenvalue weighted by Crippen LogP contribution is 2.41. The molecule has 2 aromatic carbocycles. The summed E-state index contributed by atoms with van der Waals surface area (Å²) in [5.74, 6) is -1.10. The summed E-state index contributed by atoms with van der Waals surface area (Å²) in [6, 6.07) is 13.1. The van der Waals surface area contributed by atoms with Crippen LogP contribution in [0.4, 0.5) is 5.69 Å². The highest BCUT2D eigenvalue weighted by Gasteiger charge is 2.36. The van der Waals surface area contributed by atoms with Gasteiger partial charge in [0.25, 0.3) is 0 Å². The number of benzene rings is 2. The van der Waals surface area contributed by atoms with Gasteiger partial charge in [0.15, 0.2) is 0 Å². The maximum atomic E-state index is 13.5. The minimum Gasteiger partial charge on any atom is -0.480 e. The van der Waals surface area contributed by atoms with Crippen LogP contribution in [0.5, 0.6) is 0 Å². The molecule has 0 bridgehead atoms. The van der Waals surface area contributed by atoms with Crippen molar-refractivity contribution in [3.8, 4) is 0 Å². The van der Waals surface area contributed by atoms with Crippen LogP contribution in [0, 0.1) is 6.92 Å². The standard InChI is InChI=1S/C22H23N3O3/c1-13-8-7-9-16-19(13)15(12-23-16)14(2)24-17-10-5-6-11-18(17)25(21(24)28)22(3,4)20(26)27/h5-12,14-15H,1-4H3,(H,26,27). The number of rotatable bonds is 4. The Morgan fingerprint density at radius 2 is 1.82 bits per heavy atom. The lowest BCUT2D eigenvalue weighted by atomic mass is 9.90. The number of fused-ring (bicyclic) bond motifs is 2. The molecule has 2 atom stereocenters. The lowest BCUT2D eigenvalue weighted by molar-refractivity contribution is -0.145. The minimum absolute atomic E-state index is 0.0545. The van der Waals surface area contributed by atoms with Gasteiger partial charge in [0, 0.05) is 18.2 Å². The van der Waals surface area contributed by atoms with E-state index in [1.54, 1.807) is 24.5 Å². The van der Waals surface area contributed by atoms with Gasteiger partial charge >= 0.3 is 11.7 Å². The largest absolute Gasteiger partial charge is 0.480 e. The molecule has 3 aromatic rings. The van der Waals surface area contributed by atoms with Gasteiger partial charge in [-0.2, -0.15) is 0 Å². The van der Waals surface area contributed by atoms with Crippen LogP contribution in [-0.2, 0) is 10.3 Å². The Bertz CT molecular complexity index is 1180. The molecule has 0 saturated carbocycles. The van der Waals surface area contributed by atoms with Crippen molar-refractivity contribution in [1.82, 2.24) is 9.13 Å². The first kappa shape index (κ1) is 18.2. The Labute approximate surface area is 162 Å². The SMILES string of the molecule is Cc1cccc2c1C(C(C)n1c(=O)n(C(C)(C)C(=O)O)c3ccccc31)C=N2. The summed E-state index contributed by atoms with van der Waals surface area (Å²) in [4.78, 5) is 29.9. The first-order valence-electron chi connectivity index (χ1n) is 9.34. The van der Waals surface area contributed by atoms with E-state index in [1.165, 1.54) is 4.57 Å².